The molecule has 1 heterocycles. The van der Waals surface area contributed by atoms with Crippen LogP contribution in [-0.2, 0) is 9.53 Å². The molecule has 2 aromatic carbocycles. The van der Waals surface area contributed by atoms with E-state index in [1.807, 2.05) is 72.9 Å². The third-order valence-corrected chi connectivity index (χ3v) is 7.57. The lowest BCUT2D eigenvalue weighted by Crippen LogP contribution is -2.31. The fraction of sp³-hybridized carbons (Fsp3) is 0.364. The molecule has 1 amide bonds. The molecule has 1 N–H and O–H groups in total. The van der Waals surface area contributed by atoms with Crippen LogP contribution in [0.1, 0.15) is 45.3 Å². The van der Waals surface area contributed by atoms with Crippen LogP contribution in [0.3, 0.4) is 0 Å². The molecule has 0 radical (unpaired) electrons. The molecule has 0 bridgehead atoms. The predicted octanol–water partition coefficient (Wildman–Crippen LogP) is 4.63. The van der Waals surface area contributed by atoms with Gasteiger partial charge in [0.15, 0.2) is 6.61 Å². The molecule has 3 rings (SSSR count). The van der Waals surface area contributed by atoms with E-state index < -0.39 is 5.97 Å². The quantitative estimate of drug-likeness (QED) is 0.668. The topological polar surface area (TPSA) is 55.4 Å². The van der Waals surface area contributed by atoms with Crippen molar-refractivity contribution in [3.63, 3.8) is 0 Å². The van der Waals surface area contributed by atoms with Gasteiger partial charge in [0, 0.05) is 6.54 Å². The molecule has 0 aromatic heterocycles. The Labute approximate surface area is 174 Å². The number of ether oxygens (including phenoxy) is 1. The molecule has 4 nitrogen and oxygen atoms in total. The van der Waals surface area contributed by atoms with Crippen molar-refractivity contribution in [1.29, 1.82) is 0 Å². The number of carbonyl (C=O) groups is 2. The van der Waals surface area contributed by atoms with Gasteiger partial charge in [0.05, 0.1) is 10.1 Å². The minimum atomic E-state index is -0.471. The van der Waals surface area contributed by atoms with Crippen LogP contribution < -0.4 is 5.32 Å². The van der Waals surface area contributed by atoms with Gasteiger partial charge < -0.3 is 10.1 Å². The van der Waals surface area contributed by atoms with Crippen molar-refractivity contribution in [2.75, 3.05) is 24.7 Å². The number of rotatable bonds is 7. The van der Waals surface area contributed by atoms with Crippen molar-refractivity contribution in [2.45, 2.75) is 23.8 Å². The van der Waals surface area contributed by atoms with Crippen molar-refractivity contribution in [1.82, 2.24) is 5.32 Å². The highest BCUT2D eigenvalue weighted by Gasteiger charge is 2.17. The fourth-order valence-electron chi connectivity index (χ4n) is 2.89. The Morgan fingerprint density at radius 3 is 2.43 bits per heavy atom. The molecule has 6 heteroatoms. The second-order valence-corrected chi connectivity index (χ2v) is 9.47. The van der Waals surface area contributed by atoms with Crippen molar-refractivity contribution < 1.29 is 14.3 Å². The van der Waals surface area contributed by atoms with E-state index >= 15 is 0 Å². The highest BCUT2D eigenvalue weighted by Crippen LogP contribution is 2.43. The van der Waals surface area contributed by atoms with Gasteiger partial charge in [0.2, 0.25) is 0 Å². The van der Waals surface area contributed by atoms with Gasteiger partial charge in [-0.3, -0.25) is 4.79 Å². The van der Waals surface area contributed by atoms with Gasteiger partial charge in [-0.2, -0.15) is 0 Å². The first-order valence-corrected chi connectivity index (χ1v) is 11.5. The van der Waals surface area contributed by atoms with E-state index in [0.717, 1.165) is 5.56 Å². The summed E-state index contributed by atoms with van der Waals surface area (Å²) in [5.41, 5.74) is 2.85. The van der Waals surface area contributed by atoms with Gasteiger partial charge in [-0.05, 0) is 47.1 Å². The Kier molecular flexibility index (Phi) is 7.86. The minimum Gasteiger partial charge on any atom is -0.452 e. The van der Waals surface area contributed by atoms with E-state index in [4.69, 9.17) is 4.74 Å². The summed E-state index contributed by atoms with van der Waals surface area (Å²) in [6.45, 7) is 2.29. The molecule has 28 heavy (non-hydrogen) atoms. The van der Waals surface area contributed by atoms with Crippen molar-refractivity contribution in [3.8, 4) is 0 Å². The van der Waals surface area contributed by atoms with Crippen molar-refractivity contribution >= 4 is 35.4 Å². The first kappa shape index (κ1) is 20.8. The average molecular weight is 416 g/mol. The summed E-state index contributed by atoms with van der Waals surface area (Å²) in [4.78, 5) is 24.2. The second-order valence-electron chi connectivity index (χ2n) is 6.74. The summed E-state index contributed by atoms with van der Waals surface area (Å²) in [6, 6.07) is 17.5. The number of nitrogens with one attached hydrogen (secondary N) is 1. The van der Waals surface area contributed by atoms with Gasteiger partial charge in [0.1, 0.15) is 0 Å². The zero-order valence-electron chi connectivity index (χ0n) is 15.9. The molecule has 1 aliphatic heterocycles. The standard InChI is InChI=1S/C22H25NO3S2/c1-16(17-6-3-2-4-7-17)14-23-20(24)15-26-21(25)18-8-10-19(11-9-18)22-27-12-5-13-28-22/h2-4,6-11,16,22H,5,12-15H2,1H3,(H,23,24)/t16-/m1/s1. The van der Waals surface area contributed by atoms with E-state index in [0.29, 0.717) is 16.7 Å². The lowest BCUT2D eigenvalue weighted by Gasteiger charge is -2.21. The number of amides is 1. The average Bonchev–Trinajstić information content (AvgIpc) is 2.77. The van der Waals surface area contributed by atoms with Gasteiger partial charge in [-0.25, -0.2) is 4.79 Å². The molecule has 1 aliphatic rings. The van der Waals surface area contributed by atoms with Crippen LogP contribution in [0.2, 0.25) is 0 Å². The molecule has 0 saturated carbocycles. The molecule has 148 valence electrons. The zero-order chi connectivity index (χ0) is 19.8. The van der Waals surface area contributed by atoms with E-state index in [1.54, 1.807) is 12.1 Å². The minimum absolute atomic E-state index is 0.198. The molecular formula is C22H25NO3S2. The maximum atomic E-state index is 12.2. The molecule has 2 aromatic rings. The lowest BCUT2D eigenvalue weighted by atomic mass is 10.0. The monoisotopic (exact) mass is 415 g/mol. The van der Waals surface area contributed by atoms with Crippen molar-refractivity contribution in [2.24, 2.45) is 0 Å². The van der Waals surface area contributed by atoms with Gasteiger partial charge in [-0.1, -0.05) is 49.4 Å². The Morgan fingerprint density at radius 1 is 1.07 bits per heavy atom. The van der Waals surface area contributed by atoms with E-state index in [9.17, 15) is 9.59 Å². The summed E-state index contributed by atoms with van der Waals surface area (Å²) < 4.78 is 5.59. The molecule has 0 unspecified atom stereocenters. The maximum Gasteiger partial charge on any atom is 0.338 e. The number of hydrogen-bond acceptors (Lipinski definition) is 5. The Balaban J connectivity index is 1.42. The Morgan fingerprint density at radius 2 is 1.75 bits per heavy atom. The molecule has 1 fully saturated rings. The number of thioether (sulfide) groups is 2. The Bertz CT molecular complexity index is 774. The first-order valence-electron chi connectivity index (χ1n) is 9.45. The lowest BCUT2D eigenvalue weighted by molar-refractivity contribution is -0.124. The number of carbonyl (C=O) groups excluding carboxylic acids is 2. The third-order valence-electron chi connectivity index (χ3n) is 4.55. The normalized spacial score (nSPS) is 15.6. The summed E-state index contributed by atoms with van der Waals surface area (Å²) >= 11 is 3.89. The number of esters is 1. The molecular weight excluding hydrogens is 390 g/mol. The van der Waals surface area contributed by atoms with Crippen LogP contribution in [0.25, 0.3) is 0 Å². The molecule has 0 spiro atoms. The van der Waals surface area contributed by atoms with E-state index in [-0.39, 0.29) is 18.4 Å². The van der Waals surface area contributed by atoms with Crippen LogP contribution in [0.5, 0.6) is 0 Å². The zero-order valence-corrected chi connectivity index (χ0v) is 17.6. The Hall–Kier alpha value is -1.92. The molecule has 1 atom stereocenters. The number of benzene rings is 2. The first-order chi connectivity index (χ1) is 13.6. The van der Waals surface area contributed by atoms with E-state index in [1.165, 1.54) is 23.5 Å². The van der Waals surface area contributed by atoms with Crippen LogP contribution in [-0.4, -0.2) is 36.5 Å². The van der Waals surface area contributed by atoms with Gasteiger partial charge in [0.25, 0.3) is 5.91 Å². The smallest absolute Gasteiger partial charge is 0.338 e. The summed E-state index contributed by atoms with van der Waals surface area (Å²) in [7, 11) is 0. The highest BCUT2D eigenvalue weighted by molar-refractivity contribution is 8.16. The van der Waals surface area contributed by atoms with Crippen LogP contribution in [0, 0.1) is 0 Å². The second kappa shape index (κ2) is 10.6. The van der Waals surface area contributed by atoms with Crippen molar-refractivity contribution in [3.05, 3.63) is 71.3 Å². The number of hydrogen-bond donors (Lipinski definition) is 1. The van der Waals surface area contributed by atoms with Crippen LogP contribution >= 0.6 is 23.5 Å². The molecule has 0 aliphatic carbocycles. The summed E-state index contributed by atoms with van der Waals surface area (Å²) in [5, 5.41) is 2.82. The predicted molar refractivity (Wildman–Crippen MR) is 117 cm³/mol. The van der Waals surface area contributed by atoms with Crippen LogP contribution in [0.4, 0.5) is 0 Å². The maximum absolute atomic E-state index is 12.2. The van der Waals surface area contributed by atoms with Gasteiger partial charge >= 0.3 is 5.97 Å². The SMILES string of the molecule is C[C@H](CNC(=O)COC(=O)c1ccc(C2SCCCS2)cc1)c1ccccc1. The van der Waals surface area contributed by atoms with Gasteiger partial charge in [-0.15, -0.1) is 23.5 Å². The van der Waals surface area contributed by atoms with Crippen LogP contribution in [0.15, 0.2) is 54.6 Å². The van der Waals surface area contributed by atoms with E-state index in [2.05, 4.69) is 5.32 Å². The fourth-order valence-corrected chi connectivity index (χ4v) is 5.78. The third kappa shape index (κ3) is 6.04. The summed E-state index contributed by atoms with van der Waals surface area (Å²) in [5.74, 6) is 1.80. The highest BCUT2D eigenvalue weighted by atomic mass is 32.2. The summed E-state index contributed by atoms with van der Waals surface area (Å²) in [6.07, 6.45) is 1.25. The largest absolute Gasteiger partial charge is 0.452 e. The molecule has 1 saturated heterocycles.